The highest BCUT2D eigenvalue weighted by molar-refractivity contribution is 7.98. The highest BCUT2D eigenvalue weighted by Crippen LogP contribution is 2.19. The van der Waals surface area contributed by atoms with Crippen LogP contribution in [0.2, 0.25) is 0 Å². The zero-order valence-electron chi connectivity index (χ0n) is 10.3. The number of rotatable bonds is 4. The Morgan fingerprint density at radius 2 is 2.06 bits per heavy atom. The summed E-state index contributed by atoms with van der Waals surface area (Å²) in [5.74, 6) is 0.736. The van der Waals surface area contributed by atoms with E-state index in [1.54, 1.807) is 16.7 Å². The van der Waals surface area contributed by atoms with Gasteiger partial charge < -0.3 is 10.2 Å². The molecule has 1 aromatic carbocycles. The summed E-state index contributed by atoms with van der Waals surface area (Å²) < 4.78 is 0. The van der Waals surface area contributed by atoms with E-state index in [1.807, 2.05) is 36.6 Å². The van der Waals surface area contributed by atoms with Crippen LogP contribution in [-0.2, 0) is 9.59 Å². The zero-order chi connectivity index (χ0) is 13.0. The van der Waals surface area contributed by atoms with Crippen LogP contribution in [0.1, 0.15) is 11.6 Å². The molecule has 1 saturated heterocycles. The fourth-order valence-corrected chi connectivity index (χ4v) is 2.37. The summed E-state index contributed by atoms with van der Waals surface area (Å²) in [5, 5.41) is 2.75. The fraction of sp³-hybridized carbons (Fsp3) is 0.385. The molecular formula is C13H16N2O2S. The average Bonchev–Trinajstić information content (AvgIpc) is 2.40. The third kappa shape index (κ3) is 2.85. The minimum absolute atomic E-state index is 0.0187. The lowest BCUT2D eigenvalue weighted by Crippen LogP contribution is -2.53. The first-order valence-electron chi connectivity index (χ1n) is 5.84. The predicted molar refractivity (Wildman–Crippen MR) is 72.3 cm³/mol. The average molecular weight is 264 g/mol. The molecule has 1 heterocycles. The Bertz CT molecular complexity index is 436. The van der Waals surface area contributed by atoms with E-state index < -0.39 is 6.04 Å². The number of nitrogens with one attached hydrogen (secondary N) is 1. The number of hydrogen-bond donors (Lipinski definition) is 1. The van der Waals surface area contributed by atoms with E-state index in [0.29, 0.717) is 6.54 Å². The minimum Gasteiger partial charge on any atom is -0.339 e. The Balaban J connectivity index is 2.15. The van der Waals surface area contributed by atoms with E-state index in [2.05, 4.69) is 5.32 Å². The van der Waals surface area contributed by atoms with Gasteiger partial charge in [-0.3, -0.25) is 9.59 Å². The number of carbonyl (C=O) groups is 2. The van der Waals surface area contributed by atoms with Gasteiger partial charge in [0.25, 0.3) is 0 Å². The van der Waals surface area contributed by atoms with Crippen LogP contribution in [0, 0.1) is 0 Å². The van der Waals surface area contributed by atoms with Crippen LogP contribution in [0.25, 0.3) is 0 Å². The lowest BCUT2D eigenvalue weighted by atomic mass is 10.0. The van der Waals surface area contributed by atoms with Crippen LogP contribution in [-0.4, -0.2) is 41.8 Å². The molecule has 1 unspecified atom stereocenters. The van der Waals surface area contributed by atoms with Gasteiger partial charge >= 0.3 is 0 Å². The third-order valence-electron chi connectivity index (χ3n) is 2.90. The second kappa shape index (κ2) is 5.91. The standard InChI is InChI=1S/C13H16N2O2S/c1-18-8-7-15-9-11(16)14-12(13(15)17)10-5-3-2-4-6-10/h2-6,12H,7-9H2,1H3,(H,14,16). The lowest BCUT2D eigenvalue weighted by molar-refractivity contribution is -0.144. The molecule has 2 rings (SSSR count). The van der Waals surface area contributed by atoms with Gasteiger partial charge in [-0.1, -0.05) is 30.3 Å². The Hall–Kier alpha value is -1.49. The van der Waals surface area contributed by atoms with Gasteiger partial charge in [0.05, 0.1) is 6.54 Å². The molecule has 0 aromatic heterocycles. The first-order chi connectivity index (χ1) is 8.72. The van der Waals surface area contributed by atoms with Gasteiger partial charge in [0.1, 0.15) is 6.04 Å². The molecular weight excluding hydrogens is 248 g/mol. The number of carbonyl (C=O) groups excluding carboxylic acids is 2. The normalized spacial score (nSPS) is 19.8. The second-order valence-electron chi connectivity index (χ2n) is 4.16. The zero-order valence-corrected chi connectivity index (χ0v) is 11.1. The van der Waals surface area contributed by atoms with Gasteiger partial charge in [-0.15, -0.1) is 0 Å². The van der Waals surface area contributed by atoms with Crippen LogP contribution in [0.3, 0.4) is 0 Å². The minimum atomic E-state index is -0.533. The molecule has 0 aliphatic carbocycles. The summed E-state index contributed by atoms with van der Waals surface area (Å²) in [6.07, 6.45) is 1.99. The van der Waals surface area contributed by atoms with E-state index in [4.69, 9.17) is 0 Å². The molecule has 0 radical (unpaired) electrons. The molecule has 5 heteroatoms. The first kappa shape index (κ1) is 13.0. The molecule has 18 heavy (non-hydrogen) atoms. The van der Waals surface area contributed by atoms with Crippen molar-refractivity contribution in [1.82, 2.24) is 10.2 Å². The van der Waals surface area contributed by atoms with E-state index in [1.165, 1.54) is 0 Å². The van der Waals surface area contributed by atoms with Gasteiger partial charge in [-0.2, -0.15) is 11.8 Å². The SMILES string of the molecule is CSCCN1CC(=O)NC(c2ccccc2)C1=O. The number of amides is 2. The molecule has 0 spiro atoms. The molecule has 1 fully saturated rings. The number of nitrogens with zero attached hydrogens (tertiary/aromatic N) is 1. The van der Waals surface area contributed by atoms with Crippen molar-refractivity contribution in [3.8, 4) is 0 Å². The Morgan fingerprint density at radius 3 is 2.72 bits per heavy atom. The summed E-state index contributed by atoms with van der Waals surface area (Å²) in [4.78, 5) is 25.6. The summed E-state index contributed by atoms with van der Waals surface area (Å²) >= 11 is 1.67. The Morgan fingerprint density at radius 1 is 1.33 bits per heavy atom. The van der Waals surface area contributed by atoms with E-state index in [0.717, 1.165) is 11.3 Å². The maximum Gasteiger partial charge on any atom is 0.250 e. The van der Waals surface area contributed by atoms with Crippen molar-refractivity contribution < 1.29 is 9.59 Å². The molecule has 0 saturated carbocycles. The van der Waals surface area contributed by atoms with Gasteiger partial charge in [0.15, 0.2) is 0 Å². The van der Waals surface area contributed by atoms with Gasteiger partial charge in [0.2, 0.25) is 11.8 Å². The second-order valence-corrected chi connectivity index (χ2v) is 5.15. The predicted octanol–water partition coefficient (Wildman–Crippen LogP) is 1.05. The quantitative estimate of drug-likeness (QED) is 0.884. The van der Waals surface area contributed by atoms with Crippen molar-refractivity contribution in [3.05, 3.63) is 35.9 Å². The lowest BCUT2D eigenvalue weighted by Gasteiger charge is -2.32. The first-order valence-corrected chi connectivity index (χ1v) is 7.24. The van der Waals surface area contributed by atoms with Crippen LogP contribution in [0.5, 0.6) is 0 Å². The van der Waals surface area contributed by atoms with Crippen LogP contribution in [0.4, 0.5) is 0 Å². The molecule has 1 atom stereocenters. The number of thioether (sulfide) groups is 1. The van der Waals surface area contributed by atoms with Crippen molar-refractivity contribution in [2.75, 3.05) is 25.1 Å². The summed E-state index contributed by atoms with van der Waals surface area (Å²) in [7, 11) is 0. The van der Waals surface area contributed by atoms with Gasteiger partial charge in [0, 0.05) is 12.3 Å². The maximum absolute atomic E-state index is 12.3. The molecule has 4 nitrogen and oxygen atoms in total. The molecule has 1 aliphatic rings. The van der Waals surface area contributed by atoms with Gasteiger partial charge in [-0.05, 0) is 11.8 Å². The molecule has 1 N–H and O–H groups in total. The van der Waals surface area contributed by atoms with Crippen molar-refractivity contribution >= 4 is 23.6 Å². The molecule has 2 amide bonds. The summed E-state index contributed by atoms with van der Waals surface area (Å²) in [5.41, 5.74) is 0.838. The molecule has 96 valence electrons. The van der Waals surface area contributed by atoms with E-state index >= 15 is 0 Å². The highest BCUT2D eigenvalue weighted by Gasteiger charge is 2.33. The molecule has 1 aliphatic heterocycles. The summed E-state index contributed by atoms with van der Waals surface area (Å²) in [6.45, 7) is 0.791. The van der Waals surface area contributed by atoms with E-state index in [9.17, 15) is 9.59 Å². The van der Waals surface area contributed by atoms with E-state index in [-0.39, 0.29) is 18.4 Å². The maximum atomic E-state index is 12.3. The number of piperazine rings is 1. The van der Waals surface area contributed by atoms with Crippen molar-refractivity contribution in [1.29, 1.82) is 0 Å². The van der Waals surface area contributed by atoms with Crippen LogP contribution < -0.4 is 5.32 Å². The topological polar surface area (TPSA) is 49.4 Å². The Labute approximate surface area is 111 Å². The fourth-order valence-electron chi connectivity index (χ4n) is 1.96. The van der Waals surface area contributed by atoms with Crippen LogP contribution >= 0.6 is 11.8 Å². The smallest absolute Gasteiger partial charge is 0.250 e. The van der Waals surface area contributed by atoms with Crippen molar-refractivity contribution in [3.63, 3.8) is 0 Å². The Kier molecular flexibility index (Phi) is 4.25. The number of hydrogen-bond acceptors (Lipinski definition) is 3. The highest BCUT2D eigenvalue weighted by atomic mass is 32.2. The monoisotopic (exact) mass is 264 g/mol. The van der Waals surface area contributed by atoms with Gasteiger partial charge in [-0.25, -0.2) is 0 Å². The number of benzene rings is 1. The van der Waals surface area contributed by atoms with Crippen molar-refractivity contribution in [2.24, 2.45) is 0 Å². The van der Waals surface area contributed by atoms with Crippen molar-refractivity contribution in [2.45, 2.75) is 6.04 Å². The van der Waals surface area contributed by atoms with Crippen LogP contribution in [0.15, 0.2) is 30.3 Å². The largest absolute Gasteiger partial charge is 0.339 e. The molecule has 1 aromatic rings. The third-order valence-corrected chi connectivity index (χ3v) is 3.49. The molecule has 0 bridgehead atoms. The summed E-state index contributed by atoms with van der Waals surface area (Å²) in [6, 6.07) is 8.83.